The lowest BCUT2D eigenvalue weighted by atomic mass is 10.0. The summed E-state index contributed by atoms with van der Waals surface area (Å²) in [5, 5.41) is 0.323. The molecule has 8 heteroatoms. The Bertz CT molecular complexity index is 1020. The van der Waals surface area contributed by atoms with E-state index in [0.717, 1.165) is 24.1 Å². The fraction of sp³-hybridized carbons (Fsp3) is 0.560. The average molecular weight is 472 g/mol. The first-order valence-corrected chi connectivity index (χ1v) is 12.6. The van der Waals surface area contributed by atoms with E-state index >= 15 is 0 Å². The molecule has 0 N–H and O–H groups in total. The molecule has 1 atom stereocenters. The van der Waals surface area contributed by atoms with Crippen LogP contribution in [0, 0.1) is 6.92 Å². The molecule has 0 radical (unpaired) electrons. The summed E-state index contributed by atoms with van der Waals surface area (Å²) in [6.45, 7) is 6.46. The normalized spacial score (nSPS) is 18.6. The van der Waals surface area contributed by atoms with Gasteiger partial charge in [-0.2, -0.15) is 0 Å². The predicted octanol–water partition coefficient (Wildman–Crippen LogP) is 3.31. The zero-order valence-electron chi connectivity index (χ0n) is 19.7. The van der Waals surface area contributed by atoms with E-state index in [0.29, 0.717) is 56.3 Å². The van der Waals surface area contributed by atoms with Crippen molar-refractivity contribution in [2.45, 2.75) is 62.1 Å². The van der Waals surface area contributed by atoms with Crippen molar-refractivity contribution in [3.63, 3.8) is 0 Å². The first kappa shape index (κ1) is 24.0. The van der Waals surface area contributed by atoms with Crippen molar-refractivity contribution in [2.75, 3.05) is 26.3 Å². The van der Waals surface area contributed by atoms with Gasteiger partial charge in [-0.3, -0.25) is 14.2 Å². The lowest BCUT2D eigenvalue weighted by Gasteiger charge is -2.38. The average Bonchev–Trinajstić information content (AvgIpc) is 3.28. The monoisotopic (exact) mass is 471 g/mol. The molecule has 2 aliphatic heterocycles. The molecule has 0 saturated carbocycles. The first-order chi connectivity index (χ1) is 15.9. The lowest BCUT2D eigenvalue weighted by Crippen LogP contribution is -2.49. The summed E-state index contributed by atoms with van der Waals surface area (Å²) in [5.74, 6) is -0.392. The third-order valence-corrected chi connectivity index (χ3v) is 7.80. The summed E-state index contributed by atoms with van der Waals surface area (Å²) in [6.07, 6.45) is 3.57. The van der Waals surface area contributed by atoms with Crippen LogP contribution in [0.5, 0.6) is 0 Å². The molecule has 3 heterocycles. The largest absolute Gasteiger partial charge is 0.347 e. The van der Waals surface area contributed by atoms with Gasteiger partial charge in [-0.15, -0.1) is 0 Å². The van der Waals surface area contributed by atoms with Crippen molar-refractivity contribution in [1.29, 1.82) is 0 Å². The van der Waals surface area contributed by atoms with Crippen LogP contribution in [0.1, 0.15) is 49.4 Å². The molecule has 0 bridgehead atoms. The maximum absolute atomic E-state index is 13.4. The Morgan fingerprint density at radius 3 is 2.48 bits per heavy atom. The Kier molecular flexibility index (Phi) is 7.56. The standard InChI is InChI=1S/C25H33N3O4S/c1-4-8-21(23(30)28-13-11-25(12-14-28)31-15-16-32-25)33-24-26-18(2)20(22(29)27(24)3)17-19-9-6-5-7-10-19/h5-7,9-10,21H,4,8,11-17H2,1-3H3. The number of hydrogen-bond acceptors (Lipinski definition) is 6. The lowest BCUT2D eigenvalue weighted by molar-refractivity contribution is -0.187. The number of amides is 1. The topological polar surface area (TPSA) is 73.7 Å². The van der Waals surface area contributed by atoms with Crippen molar-refractivity contribution in [3.05, 3.63) is 57.5 Å². The van der Waals surface area contributed by atoms with Gasteiger partial charge in [0.1, 0.15) is 0 Å². The highest BCUT2D eigenvalue weighted by Gasteiger charge is 2.41. The zero-order valence-corrected chi connectivity index (χ0v) is 20.5. The predicted molar refractivity (Wildman–Crippen MR) is 128 cm³/mol. The van der Waals surface area contributed by atoms with Crippen LogP contribution in [0.15, 0.2) is 40.3 Å². The highest BCUT2D eigenvalue weighted by atomic mass is 32.2. The molecule has 1 aromatic heterocycles. The van der Waals surface area contributed by atoms with Gasteiger partial charge in [-0.1, -0.05) is 55.4 Å². The Morgan fingerprint density at radius 2 is 1.85 bits per heavy atom. The molecular weight excluding hydrogens is 438 g/mol. The summed E-state index contributed by atoms with van der Waals surface area (Å²) in [7, 11) is 1.75. The number of likely N-dealkylation sites (tertiary alicyclic amines) is 1. The maximum atomic E-state index is 13.4. The van der Waals surface area contributed by atoms with Crippen LogP contribution >= 0.6 is 11.8 Å². The van der Waals surface area contributed by atoms with Gasteiger partial charge in [0.15, 0.2) is 10.9 Å². The molecule has 178 valence electrons. The van der Waals surface area contributed by atoms with E-state index in [1.807, 2.05) is 42.2 Å². The van der Waals surface area contributed by atoms with Gasteiger partial charge in [-0.05, 0) is 18.9 Å². The van der Waals surface area contributed by atoms with E-state index in [1.54, 1.807) is 11.6 Å². The number of aromatic nitrogens is 2. The van der Waals surface area contributed by atoms with Crippen molar-refractivity contribution in [3.8, 4) is 0 Å². The van der Waals surface area contributed by atoms with Crippen LogP contribution in [0.2, 0.25) is 0 Å². The number of piperidine rings is 1. The third kappa shape index (κ3) is 5.34. The second-order valence-electron chi connectivity index (χ2n) is 8.81. The number of nitrogens with zero attached hydrogens (tertiary/aromatic N) is 3. The van der Waals surface area contributed by atoms with E-state index in [1.165, 1.54) is 11.8 Å². The molecule has 2 aliphatic rings. The van der Waals surface area contributed by atoms with Crippen molar-refractivity contribution < 1.29 is 14.3 Å². The Labute approximate surface area is 199 Å². The van der Waals surface area contributed by atoms with E-state index in [-0.39, 0.29) is 16.7 Å². The van der Waals surface area contributed by atoms with Crippen LogP contribution in [-0.4, -0.2) is 57.7 Å². The Morgan fingerprint density at radius 1 is 1.18 bits per heavy atom. The molecule has 1 aromatic carbocycles. The number of ether oxygens (including phenoxy) is 2. The number of carbonyl (C=O) groups is 1. The second-order valence-corrected chi connectivity index (χ2v) is 9.98. The van der Waals surface area contributed by atoms with E-state index in [9.17, 15) is 9.59 Å². The molecule has 1 unspecified atom stereocenters. The molecule has 2 saturated heterocycles. The summed E-state index contributed by atoms with van der Waals surface area (Å²) >= 11 is 1.41. The molecule has 7 nitrogen and oxygen atoms in total. The third-order valence-electron chi connectivity index (χ3n) is 6.50. The van der Waals surface area contributed by atoms with Gasteiger partial charge in [0.25, 0.3) is 5.56 Å². The van der Waals surface area contributed by atoms with E-state index in [2.05, 4.69) is 6.92 Å². The molecule has 2 fully saturated rings. The smallest absolute Gasteiger partial charge is 0.257 e. The van der Waals surface area contributed by atoms with Gasteiger partial charge in [0, 0.05) is 50.7 Å². The quantitative estimate of drug-likeness (QED) is 0.456. The van der Waals surface area contributed by atoms with Crippen LogP contribution in [0.4, 0.5) is 0 Å². The molecule has 1 amide bonds. The van der Waals surface area contributed by atoms with Crippen LogP contribution in [-0.2, 0) is 27.7 Å². The highest BCUT2D eigenvalue weighted by molar-refractivity contribution is 8.00. The molecule has 0 aliphatic carbocycles. The van der Waals surface area contributed by atoms with Gasteiger partial charge in [-0.25, -0.2) is 4.98 Å². The fourth-order valence-corrected chi connectivity index (χ4v) is 5.81. The summed E-state index contributed by atoms with van der Waals surface area (Å²) in [4.78, 5) is 33.2. The van der Waals surface area contributed by atoms with Crippen molar-refractivity contribution in [2.24, 2.45) is 7.05 Å². The summed E-state index contributed by atoms with van der Waals surface area (Å²) < 4.78 is 13.2. The van der Waals surface area contributed by atoms with Gasteiger partial charge >= 0.3 is 0 Å². The minimum atomic E-state index is -0.499. The number of carbonyl (C=O) groups excluding carboxylic acids is 1. The van der Waals surface area contributed by atoms with Gasteiger partial charge in [0.2, 0.25) is 5.91 Å². The Hall–Kier alpha value is -2.16. The SMILES string of the molecule is CCCC(Sc1nc(C)c(Cc2ccccc2)c(=O)n1C)C(=O)N1CCC2(CC1)OCCO2. The highest BCUT2D eigenvalue weighted by Crippen LogP contribution is 2.33. The molecule has 4 rings (SSSR count). The van der Waals surface area contributed by atoms with E-state index < -0.39 is 5.79 Å². The molecule has 33 heavy (non-hydrogen) atoms. The van der Waals surface area contributed by atoms with Crippen molar-refractivity contribution >= 4 is 17.7 Å². The van der Waals surface area contributed by atoms with Gasteiger partial charge in [0.05, 0.1) is 18.5 Å². The number of thioether (sulfide) groups is 1. The van der Waals surface area contributed by atoms with Crippen LogP contribution < -0.4 is 5.56 Å². The minimum Gasteiger partial charge on any atom is -0.347 e. The zero-order chi connectivity index (χ0) is 23.4. The number of benzene rings is 1. The number of rotatable bonds is 7. The molecular formula is C25H33N3O4S. The first-order valence-electron chi connectivity index (χ1n) is 11.8. The van der Waals surface area contributed by atoms with E-state index in [4.69, 9.17) is 14.5 Å². The Balaban J connectivity index is 1.49. The number of hydrogen-bond donors (Lipinski definition) is 0. The molecule has 1 spiro atoms. The number of aryl methyl sites for hydroxylation is 1. The summed E-state index contributed by atoms with van der Waals surface area (Å²) in [5.41, 5.74) is 2.45. The van der Waals surface area contributed by atoms with Crippen LogP contribution in [0.3, 0.4) is 0 Å². The maximum Gasteiger partial charge on any atom is 0.257 e. The van der Waals surface area contributed by atoms with Crippen molar-refractivity contribution in [1.82, 2.24) is 14.5 Å². The molecule has 2 aromatic rings. The minimum absolute atomic E-state index is 0.0491. The summed E-state index contributed by atoms with van der Waals surface area (Å²) in [6, 6.07) is 9.94. The van der Waals surface area contributed by atoms with Crippen LogP contribution in [0.25, 0.3) is 0 Å². The second kappa shape index (κ2) is 10.4. The fourth-order valence-electron chi connectivity index (χ4n) is 4.52. The van der Waals surface area contributed by atoms with Gasteiger partial charge < -0.3 is 14.4 Å².